The topological polar surface area (TPSA) is 72.3 Å². The van der Waals surface area contributed by atoms with Crippen LogP contribution in [0.3, 0.4) is 0 Å². The predicted molar refractivity (Wildman–Crippen MR) is 67.0 cm³/mol. The summed E-state index contributed by atoms with van der Waals surface area (Å²) in [7, 11) is 0. The van der Waals surface area contributed by atoms with E-state index in [4.69, 9.17) is 16.6 Å². The van der Waals surface area contributed by atoms with Crippen LogP contribution in [0.2, 0.25) is 0 Å². The number of aliphatic hydroxyl groups excluding tert-OH is 1. The Morgan fingerprint density at radius 2 is 1.62 bits per heavy atom. The molecule has 1 rings (SSSR count). The molecular formula is C13H22N2O. The maximum Gasteiger partial charge on any atom is 0.0431 e. The number of rotatable bonds is 7. The molecule has 0 aliphatic rings. The molecule has 2 unspecified atom stereocenters. The van der Waals surface area contributed by atoms with Crippen LogP contribution in [0.5, 0.6) is 0 Å². The van der Waals surface area contributed by atoms with Crippen molar-refractivity contribution >= 4 is 0 Å². The third-order valence-corrected chi connectivity index (χ3v) is 2.85. The van der Waals surface area contributed by atoms with Crippen molar-refractivity contribution in [3.8, 4) is 0 Å². The lowest BCUT2D eigenvalue weighted by Crippen LogP contribution is -2.41. The Hall–Kier alpha value is -0.900. The Kier molecular flexibility index (Phi) is 6.08. The zero-order valence-corrected chi connectivity index (χ0v) is 9.68. The molecule has 0 fully saturated rings. The van der Waals surface area contributed by atoms with E-state index in [-0.39, 0.29) is 18.7 Å². The van der Waals surface area contributed by atoms with E-state index in [9.17, 15) is 0 Å². The molecule has 0 aromatic heterocycles. The summed E-state index contributed by atoms with van der Waals surface area (Å²) in [5.74, 6) is 0. The fourth-order valence-corrected chi connectivity index (χ4v) is 1.73. The molecule has 0 radical (unpaired) electrons. The number of aliphatic hydroxyl groups is 1. The molecule has 0 bridgehead atoms. The molecule has 0 amide bonds. The van der Waals surface area contributed by atoms with E-state index in [0.717, 1.165) is 25.7 Å². The third kappa shape index (κ3) is 4.75. The molecule has 90 valence electrons. The van der Waals surface area contributed by atoms with E-state index in [1.807, 2.05) is 18.2 Å². The van der Waals surface area contributed by atoms with Crippen LogP contribution in [0, 0.1) is 0 Å². The van der Waals surface area contributed by atoms with Gasteiger partial charge in [0.25, 0.3) is 0 Å². The van der Waals surface area contributed by atoms with Crippen molar-refractivity contribution < 1.29 is 5.11 Å². The first kappa shape index (κ1) is 13.2. The second-order valence-electron chi connectivity index (χ2n) is 4.22. The van der Waals surface area contributed by atoms with Crippen LogP contribution in [-0.2, 0) is 6.42 Å². The fourth-order valence-electron chi connectivity index (χ4n) is 1.73. The smallest absolute Gasteiger partial charge is 0.0431 e. The van der Waals surface area contributed by atoms with Gasteiger partial charge in [0.05, 0.1) is 0 Å². The minimum Gasteiger partial charge on any atom is -0.396 e. The van der Waals surface area contributed by atoms with E-state index >= 15 is 0 Å². The normalized spacial score (nSPS) is 14.7. The van der Waals surface area contributed by atoms with Gasteiger partial charge in [-0.2, -0.15) is 0 Å². The lowest BCUT2D eigenvalue weighted by Gasteiger charge is -2.19. The molecule has 3 nitrogen and oxygen atoms in total. The number of hydrogen-bond donors (Lipinski definition) is 3. The Labute approximate surface area is 97.5 Å². The molecule has 0 aliphatic heterocycles. The molecule has 16 heavy (non-hydrogen) atoms. The summed E-state index contributed by atoms with van der Waals surface area (Å²) in [6.07, 6.45) is 3.40. The highest BCUT2D eigenvalue weighted by Crippen LogP contribution is 2.07. The molecule has 1 aromatic carbocycles. The van der Waals surface area contributed by atoms with Gasteiger partial charge in [0, 0.05) is 18.7 Å². The Balaban J connectivity index is 2.26. The van der Waals surface area contributed by atoms with Gasteiger partial charge in [-0.05, 0) is 31.2 Å². The summed E-state index contributed by atoms with van der Waals surface area (Å²) < 4.78 is 0. The van der Waals surface area contributed by atoms with Crippen LogP contribution in [0.1, 0.15) is 24.8 Å². The van der Waals surface area contributed by atoms with Crippen LogP contribution in [0.25, 0.3) is 0 Å². The van der Waals surface area contributed by atoms with Crippen LogP contribution >= 0.6 is 0 Å². The minimum atomic E-state index is -0.00383. The highest BCUT2D eigenvalue weighted by molar-refractivity contribution is 5.14. The van der Waals surface area contributed by atoms with Crippen molar-refractivity contribution in [3.63, 3.8) is 0 Å². The number of benzene rings is 1. The number of hydrogen-bond acceptors (Lipinski definition) is 3. The zero-order chi connectivity index (χ0) is 11.8. The van der Waals surface area contributed by atoms with Crippen molar-refractivity contribution in [1.82, 2.24) is 0 Å². The maximum absolute atomic E-state index is 8.71. The van der Waals surface area contributed by atoms with Gasteiger partial charge < -0.3 is 16.6 Å². The molecule has 0 saturated carbocycles. The van der Waals surface area contributed by atoms with Gasteiger partial charge in [-0.25, -0.2) is 0 Å². The largest absolute Gasteiger partial charge is 0.396 e. The van der Waals surface area contributed by atoms with Crippen molar-refractivity contribution in [2.24, 2.45) is 11.5 Å². The summed E-state index contributed by atoms with van der Waals surface area (Å²) in [5.41, 5.74) is 13.2. The summed E-state index contributed by atoms with van der Waals surface area (Å²) >= 11 is 0. The van der Waals surface area contributed by atoms with E-state index in [2.05, 4.69) is 12.1 Å². The van der Waals surface area contributed by atoms with E-state index in [1.165, 1.54) is 5.56 Å². The Bertz CT molecular complexity index is 277. The predicted octanol–water partition coefficient (Wildman–Crippen LogP) is 1.05. The highest BCUT2D eigenvalue weighted by Gasteiger charge is 2.12. The van der Waals surface area contributed by atoms with Crippen molar-refractivity contribution in [2.75, 3.05) is 6.61 Å². The van der Waals surface area contributed by atoms with E-state index in [1.54, 1.807) is 0 Å². The quantitative estimate of drug-likeness (QED) is 0.645. The van der Waals surface area contributed by atoms with Gasteiger partial charge in [-0.1, -0.05) is 30.3 Å². The molecule has 0 heterocycles. The summed E-state index contributed by atoms with van der Waals surface area (Å²) in [6, 6.07) is 10.3. The van der Waals surface area contributed by atoms with Gasteiger partial charge in [-0.3, -0.25) is 0 Å². The van der Waals surface area contributed by atoms with E-state index < -0.39 is 0 Å². The van der Waals surface area contributed by atoms with Gasteiger partial charge in [0.15, 0.2) is 0 Å². The molecule has 1 aromatic rings. The van der Waals surface area contributed by atoms with Gasteiger partial charge in [0.2, 0.25) is 0 Å². The lowest BCUT2D eigenvalue weighted by atomic mass is 9.98. The van der Waals surface area contributed by atoms with Gasteiger partial charge in [0.1, 0.15) is 0 Å². The summed E-state index contributed by atoms with van der Waals surface area (Å²) in [5, 5.41) is 8.71. The van der Waals surface area contributed by atoms with Gasteiger partial charge in [-0.15, -0.1) is 0 Å². The molecular weight excluding hydrogens is 200 g/mol. The first-order valence-electron chi connectivity index (χ1n) is 5.90. The zero-order valence-electron chi connectivity index (χ0n) is 9.68. The third-order valence-electron chi connectivity index (χ3n) is 2.85. The Morgan fingerprint density at radius 1 is 1.00 bits per heavy atom. The first-order chi connectivity index (χ1) is 7.74. The van der Waals surface area contributed by atoms with E-state index in [0.29, 0.717) is 0 Å². The van der Waals surface area contributed by atoms with Crippen LogP contribution in [-0.4, -0.2) is 23.8 Å². The standard InChI is InChI=1S/C13H22N2O/c14-12(7-4-10-16)13(15)9-8-11-5-2-1-3-6-11/h1-3,5-6,12-13,16H,4,7-10,14-15H2. The molecule has 0 spiro atoms. The summed E-state index contributed by atoms with van der Waals surface area (Å²) in [4.78, 5) is 0. The van der Waals surface area contributed by atoms with Gasteiger partial charge >= 0.3 is 0 Å². The van der Waals surface area contributed by atoms with Crippen molar-refractivity contribution in [3.05, 3.63) is 35.9 Å². The highest BCUT2D eigenvalue weighted by atomic mass is 16.2. The molecule has 5 N–H and O–H groups in total. The molecule has 0 aliphatic carbocycles. The molecule has 2 atom stereocenters. The second kappa shape index (κ2) is 7.39. The van der Waals surface area contributed by atoms with Crippen LogP contribution in [0.4, 0.5) is 0 Å². The molecule has 3 heteroatoms. The maximum atomic E-state index is 8.71. The monoisotopic (exact) mass is 222 g/mol. The molecule has 0 saturated heterocycles. The fraction of sp³-hybridized carbons (Fsp3) is 0.538. The number of nitrogens with two attached hydrogens (primary N) is 2. The summed E-state index contributed by atoms with van der Waals surface area (Å²) in [6.45, 7) is 0.194. The second-order valence-corrected chi connectivity index (χ2v) is 4.22. The first-order valence-corrected chi connectivity index (χ1v) is 5.90. The Morgan fingerprint density at radius 3 is 2.25 bits per heavy atom. The van der Waals surface area contributed by atoms with Crippen molar-refractivity contribution in [1.29, 1.82) is 0 Å². The lowest BCUT2D eigenvalue weighted by molar-refractivity contribution is 0.275. The average molecular weight is 222 g/mol. The average Bonchev–Trinajstić information content (AvgIpc) is 2.34. The number of aryl methyl sites for hydroxylation is 1. The van der Waals surface area contributed by atoms with Crippen LogP contribution in [0.15, 0.2) is 30.3 Å². The van der Waals surface area contributed by atoms with Crippen molar-refractivity contribution in [2.45, 2.75) is 37.8 Å². The van der Waals surface area contributed by atoms with Crippen LogP contribution < -0.4 is 11.5 Å². The minimum absolute atomic E-state index is 0.00383. The SMILES string of the molecule is NC(CCCO)C(N)CCc1ccccc1.